The topological polar surface area (TPSA) is 3.24 Å². The molecule has 11 rings (SSSR count). The van der Waals surface area contributed by atoms with Crippen molar-refractivity contribution >= 4 is 39.6 Å². The SMILES string of the molecule is c1ccc(-c2ccc(N(c3ccc4c(c3)C3(c5ccccc5-c5ccccc53)c3c(ccc5ccccc35)S4)c3ccccc3-c3ccccc3)cc2)cc1. The van der Waals surface area contributed by atoms with Crippen LogP contribution in [0.1, 0.15) is 22.3 Å². The molecule has 1 spiro atoms. The Morgan fingerprint density at radius 2 is 0.909 bits per heavy atom. The van der Waals surface area contributed by atoms with Crippen LogP contribution in [0, 0.1) is 0 Å². The van der Waals surface area contributed by atoms with Crippen molar-refractivity contribution in [2.75, 3.05) is 4.90 Å². The summed E-state index contributed by atoms with van der Waals surface area (Å²) in [7, 11) is 0. The molecular weight excluding hydrogens is 683 g/mol. The van der Waals surface area contributed by atoms with Gasteiger partial charge in [0.1, 0.15) is 0 Å². The van der Waals surface area contributed by atoms with Crippen molar-refractivity contribution in [3.05, 3.63) is 235 Å². The lowest BCUT2D eigenvalue weighted by Gasteiger charge is -2.41. The summed E-state index contributed by atoms with van der Waals surface area (Å²) in [6.45, 7) is 0. The van der Waals surface area contributed by atoms with Crippen molar-refractivity contribution in [2.45, 2.75) is 15.2 Å². The van der Waals surface area contributed by atoms with Crippen molar-refractivity contribution in [3.8, 4) is 33.4 Å². The van der Waals surface area contributed by atoms with Gasteiger partial charge in [-0.15, -0.1) is 0 Å². The van der Waals surface area contributed by atoms with Crippen LogP contribution < -0.4 is 4.90 Å². The summed E-state index contributed by atoms with van der Waals surface area (Å²) in [6.07, 6.45) is 0. The molecule has 0 aromatic heterocycles. The average molecular weight is 718 g/mol. The highest BCUT2D eigenvalue weighted by Crippen LogP contribution is 2.64. The van der Waals surface area contributed by atoms with Gasteiger partial charge in [-0.1, -0.05) is 182 Å². The molecule has 1 aliphatic heterocycles. The lowest BCUT2D eigenvalue weighted by atomic mass is 9.66. The van der Waals surface area contributed by atoms with Crippen molar-refractivity contribution in [3.63, 3.8) is 0 Å². The van der Waals surface area contributed by atoms with Crippen LogP contribution in [-0.4, -0.2) is 0 Å². The first-order valence-electron chi connectivity index (χ1n) is 18.9. The average Bonchev–Trinajstić information content (AvgIpc) is 3.55. The summed E-state index contributed by atoms with van der Waals surface area (Å²) in [4.78, 5) is 5.06. The van der Waals surface area contributed by atoms with E-state index in [4.69, 9.17) is 0 Å². The predicted molar refractivity (Wildman–Crippen MR) is 231 cm³/mol. The van der Waals surface area contributed by atoms with Gasteiger partial charge in [-0.25, -0.2) is 0 Å². The second kappa shape index (κ2) is 12.8. The Kier molecular flexibility index (Phi) is 7.40. The van der Waals surface area contributed by atoms with E-state index in [-0.39, 0.29) is 0 Å². The predicted octanol–water partition coefficient (Wildman–Crippen LogP) is 14.5. The van der Waals surface area contributed by atoms with Gasteiger partial charge in [0, 0.05) is 26.7 Å². The molecule has 55 heavy (non-hydrogen) atoms. The minimum absolute atomic E-state index is 0.512. The number of hydrogen-bond acceptors (Lipinski definition) is 2. The third-order valence-electron chi connectivity index (χ3n) is 11.5. The van der Waals surface area contributed by atoms with Gasteiger partial charge in [-0.05, 0) is 103 Å². The van der Waals surface area contributed by atoms with Crippen LogP contribution in [0.2, 0.25) is 0 Å². The number of rotatable bonds is 5. The summed E-state index contributed by atoms with van der Waals surface area (Å²) in [5.41, 5.74) is 15.6. The Morgan fingerprint density at radius 1 is 0.364 bits per heavy atom. The van der Waals surface area contributed by atoms with E-state index in [0.29, 0.717) is 0 Å². The highest BCUT2D eigenvalue weighted by atomic mass is 32.2. The van der Waals surface area contributed by atoms with Gasteiger partial charge < -0.3 is 4.90 Å². The van der Waals surface area contributed by atoms with E-state index in [1.54, 1.807) is 0 Å². The van der Waals surface area contributed by atoms with Crippen LogP contribution in [0.4, 0.5) is 17.1 Å². The second-order valence-electron chi connectivity index (χ2n) is 14.4. The number of para-hydroxylation sites is 1. The molecule has 1 heterocycles. The van der Waals surface area contributed by atoms with Gasteiger partial charge in [-0.2, -0.15) is 0 Å². The van der Waals surface area contributed by atoms with E-state index in [1.807, 2.05) is 11.8 Å². The van der Waals surface area contributed by atoms with E-state index in [0.717, 1.165) is 17.1 Å². The van der Waals surface area contributed by atoms with Crippen molar-refractivity contribution in [1.82, 2.24) is 0 Å². The van der Waals surface area contributed by atoms with Gasteiger partial charge >= 0.3 is 0 Å². The highest BCUT2D eigenvalue weighted by Gasteiger charge is 2.51. The quantitative estimate of drug-likeness (QED) is 0.174. The fraction of sp³-hybridized carbons (Fsp3) is 0.0189. The van der Waals surface area contributed by atoms with Crippen LogP contribution in [0.5, 0.6) is 0 Å². The molecule has 0 unspecified atom stereocenters. The Morgan fingerprint density at radius 3 is 1.64 bits per heavy atom. The smallest absolute Gasteiger partial charge is 0.0742 e. The molecule has 2 aliphatic rings. The molecule has 9 aromatic carbocycles. The Bertz CT molecular complexity index is 2850. The molecule has 258 valence electrons. The molecule has 2 heteroatoms. The normalized spacial score (nSPS) is 13.2. The maximum Gasteiger partial charge on any atom is 0.0742 e. The number of nitrogens with zero attached hydrogens (tertiary/aromatic N) is 1. The van der Waals surface area contributed by atoms with Crippen LogP contribution in [0.25, 0.3) is 44.2 Å². The maximum atomic E-state index is 2.50. The lowest BCUT2D eigenvalue weighted by molar-refractivity contribution is 0.730. The van der Waals surface area contributed by atoms with Gasteiger partial charge in [0.2, 0.25) is 0 Å². The molecule has 0 fully saturated rings. The molecule has 1 aliphatic carbocycles. The van der Waals surface area contributed by atoms with Gasteiger partial charge in [0.15, 0.2) is 0 Å². The Balaban J connectivity index is 1.20. The van der Waals surface area contributed by atoms with Crippen molar-refractivity contribution < 1.29 is 0 Å². The second-order valence-corrected chi connectivity index (χ2v) is 15.5. The molecular formula is C53H35NS. The molecule has 0 atom stereocenters. The van der Waals surface area contributed by atoms with Gasteiger partial charge in [-0.3, -0.25) is 0 Å². The van der Waals surface area contributed by atoms with E-state index in [2.05, 4.69) is 217 Å². The zero-order valence-corrected chi connectivity index (χ0v) is 30.9. The first-order chi connectivity index (χ1) is 27.3. The fourth-order valence-electron chi connectivity index (χ4n) is 9.20. The Hall–Kier alpha value is -6.61. The monoisotopic (exact) mass is 717 g/mol. The lowest BCUT2D eigenvalue weighted by Crippen LogP contribution is -2.32. The first kappa shape index (κ1) is 31.9. The molecule has 0 amide bonds. The molecule has 9 aromatic rings. The van der Waals surface area contributed by atoms with Gasteiger partial charge in [0.25, 0.3) is 0 Å². The summed E-state index contributed by atoms with van der Waals surface area (Å²) in [6, 6.07) is 78.3. The van der Waals surface area contributed by atoms with Crippen LogP contribution in [-0.2, 0) is 5.41 Å². The summed E-state index contributed by atoms with van der Waals surface area (Å²) >= 11 is 1.90. The maximum absolute atomic E-state index is 2.50. The molecule has 1 nitrogen and oxygen atoms in total. The van der Waals surface area contributed by atoms with E-state index in [1.165, 1.54) is 76.2 Å². The molecule has 0 radical (unpaired) electrons. The largest absolute Gasteiger partial charge is 0.310 e. The summed E-state index contributed by atoms with van der Waals surface area (Å²) in [5.74, 6) is 0. The number of benzene rings is 9. The minimum Gasteiger partial charge on any atom is -0.310 e. The first-order valence-corrected chi connectivity index (χ1v) is 19.7. The standard InChI is InChI=1S/C53H35NS/c1-3-15-36(16-4-1)37-27-30-40(31-28-37)54(49-26-14-11-20-42(49)38-17-5-2-6-18-38)41-32-34-50-48(35-41)53(52-43-21-8-7-19-39(43)29-33-51(52)55-50)46-24-12-9-22-44(46)45-23-10-13-25-47(45)53/h1-35H. The number of fused-ring (bicyclic) bond motifs is 11. The van der Waals surface area contributed by atoms with Gasteiger partial charge in [0.05, 0.1) is 11.1 Å². The van der Waals surface area contributed by atoms with E-state index < -0.39 is 5.41 Å². The summed E-state index contributed by atoms with van der Waals surface area (Å²) < 4.78 is 0. The third-order valence-corrected chi connectivity index (χ3v) is 12.7. The van der Waals surface area contributed by atoms with Crippen LogP contribution >= 0.6 is 11.8 Å². The highest BCUT2D eigenvalue weighted by molar-refractivity contribution is 7.99. The van der Waals surface area contributed by atoms with E-state index in [9.17, 15) is 0 Å². The Labute approximate surface area is 326 Å². The molecule has 0 N–H and O–H groups in total. The van der Waals surface area contributed by atoms with E-state index >= 15 is 0 Å². The summed E-state index contributed by atoms with van der Waals surface area (Å²) in [5, 5.41) is 2.57. The third kappa shape index (κ3) is 4.88. The minimum atomic E-state index is -0.512. The molecule has 0 saturated heterocycles. The fourth-order valence-corrected chi connectivity index (χ4v) is 10.4. The van der Waals surface area contributed by atoms with Crippen LogP contribution in [0.15, 0.2) is 222 Å². The zero-order valence-electron chi connectivity index (χ0n) is 30.1. The zero-order chi connectivity index (χ0) is 36.3. The molecule has 0 saturated carbocycles. The van der Waals surface area contributed by atoms with Crippen molar-refractivity contribution in [2.24, 2.45) is 0 Å². The number of anilines is 3. The van der Waals surface area contributed by atoms with Crippen LogP contribution in [0.3, 0.4) is 0 Å². The van der Waals surface area contributed by atoms with Crippen molar-refractivity contribution in [1.29, 1.82) is 0 Å². The number of hydrogen-bond donors (Lipinski definition) is 0. The molecule has 0 bridgehead atoms.